The van der Waals surface area contributed by atoms with Crippen LogP contribution in [0.2, 0.25) is 0 Å². The van der Waals surface area contributed by atoms with Crippen LogP contribution in [0.5, 0.6) is 0 Å². The Morgan fingerprint density at radius 1 is 1.31 bits per heavy atom. The number of rotatable bonds is 3. The average molecular weight is 219 g/mol. The van der Waals surface area contributed by atoms with Gasteiger partial charge in [0.2, 0.25) is 0 Å². The molecule has 0 bridgehead atoms. The van der Waals surface area contributed by atoms with E-state index >= 15 is 0 Å². The molecule has 0 spiro atoms. The molecule has 0 amide bonds. The van der Waals surface area contributed by atoms with Crippen LogP contribution in [0.3, 0.4) is 0 Å². The second-order valence-electron chi connectivity index (χ2n) is 4.25. The number of hydrogen-bond acceptors (Lipinski definition) is 2. The van der Waals surface area contributed by atoms with Crippen LogP contribution < -0.4 is 0 Å². The number of halogens is 1. The standard InChI is InChI=1S/C12H14FN3/c1-9(2)3-10-5-15-16(8-10)12-4-11(13)6-14-7-12/h4-9H,3H2,1-2H3. The zero-order valence-corrected chi connectivity index (χ0v) is 9.39. The van der Waals surface area contributed by atoms with Gasteiger partial charge in [-0.1, -0.05) is 13.8 Å². The second-order valence-corrected chi connectivity index (χ2v) is 4.25. The summed E-state index contributed by atoms with van der Waals surface area (Å²) in [6.45, 7) is 4.31. The molecule has 2 aromatic heterocycles. The quantitative estimate of drug-likeness (QED) is 0.794. The van der Waals surface area contributed by atoms with Gasteiger partial charge >= 0.3 is 0 Å². The predicted molar refractivity (Wildman–Crippen MR) is 59.9 cm³/mol. The SMILES string of the molecule is CC(C)Cc1cnn(-c2cncc(F)c2)c1. The van der Waals surface area contributed by atoms with Gasteiger partial charge < -0.3 is 0 Å². The van der Waals surface area contributed by atoms with Crippen molar-refractivity contribution in [2.75, 3.05) is 0 Å². The molecule has 0 aliphatic rings. The molecule has 16 heavy (non-hydrogen) atoms. The van der Waals surface area contributed by atoms with Crippen molar-refractivity contribution >= 4 is 0 Å². The third-order valence-electron chi connectivity index (χ3n) is 2.24. The molecule has 2 heterocycles. The lowest BCUT2D eigenvalue weighted by Crippen LogP contribution is -1.96. The van der Waals surface area contributed by atoms with Crippen molar-refractivity contribution in [3.8, 4) is 5.69 Å². The third kappa shape index (κ3) is 2.45. The van der Waals surface area contributed by atoms with Crippen molar-refractivity contribution in [1.29, 1.82) is 0 Å². The van der Waals surface area contributed by atoms with E-state index in [-0.39, 0.29) is 5.82 Å². The fourth-order valence-corrected chi connectivity index (χ4v) is 1.60. The van der Waals surface area contributed by atoms with Crippen molar-refractivity contribution in [3.63, 3.8) is 0 Å². The zero-order chi connectivity index (χ0) is 11.5. The Hall–Kier alpha value is -1.71. The molecular formula is C12H14FN3. The molecular weight excluding hydrogens is 205 g/mol. The van der Waals surface area contributed by atoms with E-state index in [0.717, 1.165) is 12.0 Å². The maximum atomic E-state index is 13.0. The summed E-state index contributed by atoms with van der Waals surface area (Å²) in [6.07, 6.45) is 7.47. The Morgan fingerprint density at radius 2 is 2.12 bits per heavy atom. The van der Waals surface area contributed by atoms with E-state index in [9.17, 15) is 4.39 Å². The predicted octanol–water partition coefficient (Wildman–Crippen LogP) is 2.60. The first-order valence-electron chi connectivity index (χ1n) is 5.29. The van der Waals surface area contributed by atoms with Gasteiger partial charge in [-0.3, -0.25) is 4.98 Å². The average Bonchev–Trinajstić information content (AvgIpc) is 2.65. The molecule has 0 saturated heterocycles. The van der Waals surface area contributed by atoms with Crippen LogP contribution in [-0.2, 0) is 6.42 Å². The third-order valence-corrected chi connectivity index (χ3v) is 2.24. The summed E-state index contributed by atoms with van der Waals surface area (Å²) in [4.78, 5) is 3.79. The number of nitrogens with zero attached hydrogens (tertiary/aromatic N) is 3. The van der Waals surface area contributed by atoms with Gasteiger partial charge in [0, 0.05) is 12.3 Å². The molecule has 0 radical (unpaired) electrons. The van der Waals surface area contributed by atoms with E-state index < -0.39 is 0 Å². The molecule has 2 rings (SSSR count). The second kappa shape index (κ2) is 4.43. The Balaban J connectivity index is 2.24. The van der Waals surface area contributed by atoms with Crippen LogP contribution in [0.1, 0.15) is 19.4 Å². The molecule has 0 atom stereocenters. The van der Waals surface area contributed by atoms with E-state index in [2.05, 4.69) is 23.9 Å². The lowest BCUT2D eigenvalue weighted by molar-refractivity contribution is 0.618. The molecule has 0 N–H and O–H groups in total. The van der Waals surface area contributed by atoms with Gasteiger partial charge in [0.1, 0.15) is 5.82 Å². The largest absolute Gasteiger partial charge is 0.259 e. The first kappa shape index (κ1) is 10.8. The minimum Gasteiger partial charge on any atom is -0.259 e. The first-order chi connectivity index (χ1) is 7.65. The topological polar surface area (TPSA) is 30.7 Å². The van der Waals surface area contributed by atoms with Gasteiger partial charge in [0.05, 0.1) is 24.3 Å². The van der Waals surface area contributed by atoms with E-state index in [4.69, 9.17) is 0 Å². The normalized spacial score (nSPS) is 11.0. The van der Waals surface area contributed by atoms with Crippen molar-refractivity contribution in [3.05, 3.63) is 42.2 Å². The lowest BCUT2D eigenvalue weighted by atomic mass is 10.1. The molecule has 3 nitrogen and oxygen atoms in total. The van der Waals surface area contributed by atoms with Crippen LogP contribution in [0.4, 0.5) is 4.39 Å². The molecule has 84 valence electrons. The monoisotopic (exact) mass is 219 g/mol. The van der Waals surface area contributed by atoms with Gasteiger partial charge in [-0.2, -0.15) is 5.10 Å². The summed E-state index contributed by atoms with van der Waals surface area (Å²) >= 11 is 0. The molecule has 4 heteroatoms. The molecule has 2 aromatic rings. The summed E-state index contributed by atoms with van der Waals surface area (Å²) in [7, 11) is 0. The molecule has 0 aliphatic heterocycles. The Kier molecular flexibility index (Phi) is 2.99. The molecule has 0 unspecified atom stereocenters. The van der Waals surface area contributed by atoms with Crippen LogP contribution in [0, 0.1) is 11.7 Å². The summed E-state index contributed by atoms with van der Waals surface area (Å²) < 4.78 is 14.6. The summed E-state index contributed by atoms with van der Waals surface area (Å²) in [5, 5.41) is 4.19. The van der Waals surface area contributed by atoms with E-state index in [1.165, 1.54) is 12.3 Å². The van der Waals surface area contributed by atoms with Gasteiger partial charge in [-0.25, -0.2) is 9.07 Å². The minimum atomic E-state index is -0.349. The summed E-state index contributed by atoms with van der Waals surface area (Å²) in [5.41, 5.74) is 1.80. The van der Waals surface area contributed by atoms with Gasteiger partial charge in [-0.15, -0.1) is 0 Å². The first-order valence-corrected chi connectivity index (χ1v) is 5.29. The van der Waals surface area contributed by atoms with Gasteiger partial charge in [0.15, 0.2) is 0 Å². The Labute approximate surface area is 93.9 Å². The van der Waals surface area contributed by atoms with Crippen molar-refractivity contribution in [1.82, 2.24) is 14.8 Å². The van der Waals surface area contributed by atoms with E-state index in [1.54, 1.807) is 10.9 Å². The van der Waals surface area contributed by atoms with E-state index in [1.807, 2.05) is 12.4 Å². The maximum absolute atomic E-state index is 13.0. The lowest BCUT2D eigenvalue weighted by Gasteiger charge is -2.01. The van der Waals surface area contributed by atoms with Crippen molar-refractivity contribution in [2.45, 2.75) is 20.3 Å². The number of hydrogen-bond donors (Lipinski definition) is 0. The van der Waals surface area contributed by atoms with Gasteiger partial charge in [-0.05, 0) is 17.9 Å². The highest BCUT2D eigenvalue weighted by Gasteiger charge is 2.04. The fraction of sp³-hybridized carbons (Fsp3) is 0.333. The van der Waals surface area contributed by atoms with Crippen LogP contribution >= 0.6 is 0 Å². The smallest absolute Gasteiger partial charge is 0.143 e. The van der Waals surface area contributed by atoms with Crippen LogP contribution in [0.25, 0.3) is 5.69 Å². The Morgan fingerprint density at radius 3 is 2.81 bits per heavy atom. The van der Waals surface area contributed by atoms with Crippen molar-refractivity contribution < 1.29 is 4.39 Å². The highest BCUT2D eigenvalue weighted by molar-refractivity contribution is 5.28. The number of pyridine rings is 1. The highest BCUT2D eigenvalue weighted by Crippen LogP contribution is 2.11. The maximum Gasteiger partial charge on any atom is 0.143 e. The van der Waals surface area contributed by atoms with Crippen LogP contribution in [-0.4, -0.2) is 14.8 Å². The highest BCUT2D eigenvalue weighted by atomic mass is 19.1. The van der Waals surface area contributed by atoms with Crippen molar-refractivity contribution in [2.24, 2.45) is 5.92 Å². The van der Waals surface area contributed by atoms with E-state index in [0.29, 0.717) is 11.6 Å². The molecule has 0 aromatic carbocycles. The molecule has 0 saturated carbocycles. The minimum absolute atomic E-state index is 0.349. The molecule has 0 fully saturated rings. The zero-order valence-electron chi connectivity index (χ0n) is 9.39. The van der Waals surface area contributed by atoms with Gasteiger partial charge in [0.25, 0.3) is 0 Å². The summed E-state index contributed by atoms with van der Waals surface area (Å²) in [6, 6.07) is 1.42. The number of aromatic nitrogens is 3. The molecule has 0 aliphatic carbocycles. The summed E-state index contributed by atoms with van der Waals surface area (Å²) in [5.74, 6) is 0.238. The fourth-order valence-electron chi connectivity index (χ4n) is 1.60. The van der Waals surface area contributed by atoms with Crippen LogP contribution in [0.15, 0.2) is 30.9 Å². The Bertz CT molecular complexity index is 477.